The number of carbonyl (C=O) groups excluding carboxylic acids is 1. The van der Waals surface area contributed by atoms with Crippen molar-refractivity contribution in [3.63, 3.8) is 0 Å². The Morgan fingerprint density at radius 1 is 1.17 bits per heavy atom. The molecule has 126 valence electrons. The van der Waals surface area contributed by atoms with Crippen molar-refractivity contribution < 1.29 is 4.79 Å². The molecule has 2 aromatic rings. The highest BCUT2D eigenvalue weighted by molar-refractivity contribution is 5.96. The summed E-state index contributed by atoms with van der Waals surface area (Å²) in [6, 6.07) is 3.71. The fraction of sp³-hybridized carbons (Fsp3) is 0.556. The van der Waals surface area contributed by atoms with Gasteiger partial charge < -0.3 is 0 Å². The number of hydrogen-bond acceptors (Lipinski definition) is 4. The molecule has 0 aromatic carbocycles. The van der Waals surface area contributed by atoms with Gasteiger partial charge in [0, 0.05) is 36.0 Å². The van der Waals surface area contributed by atoms with E-state index in [1.54, 1.807) is 15.8 Å². The quantitative estimate of drug-likeness (QED) is 0.870. The summed E-state index contributed by atoms with van der Waals surface area (Å²) < 4.78 is 1.80. The minimum absolute atomic E-state index is 0.0195. The van der Waals surface area contributed by atoms with Crippen LogP contribution in [0.15, 0.2) is 24.5 Å². The van der Waals surface area contributed by atoms with E-state index in [1.165, 1.54) is 12.8 Å². The van der Waals surface area contributed by atoms with E-state index in [0.29, 0.717) is 18.4 Å². The molecule has 1 unspecified atom stereocenters. The fourth-order valence-corrected chi connectivity index (χ4v) is 3.12. The first-order chi connectivity index (χ1) is 11.4. The lowest BCUT2D eigenvalue weighted by Gasteiger charge is -2.16. The van der Waals surface area contributed by atoms with E-state index in [2.05, 4.69) is 35.8 Å². The summed E-state index contributed by atoms with van der Waals surface area (Å²) in [5.74, 6) is 1.13. The first-order valence-electron chi connectivity index (χ1n) is 8.63. The zero-order valence-corrected chi connectivity index (χ0v) is 14.4. The average Bonchev–Trinajstić information content (AvgIpc) is 3.14. The Bertz CT molecular complexity index is 772. The van der Waals surface area contributed by atoms with Crippen LogP contribution < -0.4 is 4.90 Å². The number of aromatic nitrogens is 4. The maximum atomic E-state index is 12.8. The van der Waals surface area contributed by atoms with Crippen LogP contribution in [0.4, 0.5) is 5.95 Å². The number of anilines is 1. The Labute approximate surface area is 141 Å². The Kier molecular flexibility index (Phi) is 3.44. The maximum Gasteiger partial charge on any atom is 0.254 e. The summed E-state index contributed by atoms with van der Waals surface area (Å²) in [5, 5.41) is 4.63. The van der Waals surface area contributed by atoms with Crippen LogP contribution in [0.2, 0.25) is 0 Å². The lowest BCUT2D eigenvalue weighted by atomic mass is 9.93. The molecule has 2 fully saturated rings. The molecule has 2 aromatic heterocycles. The SMILES string of the molecule is CC(C)(C)c1ccn(C2CCN(c3nccc(C4CC4)n3)C2=O)n1. The van der Waals surface area contributed by atoms with Crippen LogP contribution in [0.5, 0.6) is 0 Å². The third-order valence-electron chi connectivity index (χ3n) is 4.77. The lowest BCUT2D eigenvalue weighted by molar-refractivity contribution is -0.120. The highest BCUT2D eigenvalue weighted by Crippen LogP contribution is 2.39. The molecular weight excluding hydrogens is 302 g/mol. The monoisotopic (exact) mass is 325 g/mol. The van der Waals surface area contributed by atoms with Gasteiger partial charge in [0.1, 0.15) is 6.04 Å². The fourth-order valence-electron chi connectivity index (χ4n) is 3.12. The summed E-state index contributed by atoms with van der Waals surface area (Å²) in [4.78, 5) is 23.5. The second-order valence-corrected chi connectivity index (χ2v) is 7.78. The predicted molar refractivity (Wildman–Crippen MR) is 90.9 cm³/mol. The van der Waals surface area contributed by atoms with Crippen molar-refractivity contribution in [1.29, 1.82) is 0 Å². The largest absolute Gasteiger partial charge is 0.279 e. The number of nitrogens with zero attached hydrogens (tertiary/aromatic N) is 5. The van der Waals surface area contributed by atoms with Crippen LogP contribution in [-0.4, -0.2) is 32.2 Å². The van der Waals surface area contributed by atoms with E-state index in [0.717, 1.165) is 17.8 Å². The predicted octanol–water partition coefficient (Wildman–Crippen LogP) is 2.83. The molecule has 0 N–H and O–H groups in total. The second-order valence-electron chi connectivity index (χ2n) is 7.78. The Hall–Kier alpha value is -2.24. The molecule has 0 spiro atoms. The van der Waals surface area contributed by atoms with Crippen molar-refractivity contribution in [2.45, 2.75) is 57.4 Å². The van der Waals surface area contributed by atoms with Gasteiger partial charge in [0.25, 0.3) is 5.91 Å². The zero-order chi connectivity index (χ0) is 16.9. The summed E-state index contributed by atoms with van der Waals surface area (Å²) >= 11 is 0. The Morgan fingerprint density at radius 3 is 2.62 bits per heavy atom. The molecule has 6 nitrogen and oxygen atoms in total. The topological polar surface area (TPSA) is 63.9 Å². The van der Waals surface area contributed by atoms with Gasteiger partial charge in [-0.2, -0.15) is 5.10 Å². The molecule has 1 aliphatic heterocycles. The first-order valence-corrected chi connectivity index (χ1v) is 8.63. The van der Waals surface area contributed by atoms with E-state index in [1.807, 2.05) is 18.3 Å². The van der Waals surface area contributed by atoms with Crippen molar-refractivity contribution in [1.82, 2.24) is 19.7 Å². The minimum Gasteiger partial charge on any atom is -0.279 e. The van der Waals surface area contributed by atoms with Crippen LogP contribution in [0.1, 0.15) is 63.4 Å². The van der Waals surface area contributed by atoms with Gasteiger partial charge in [-0.25, -0.2) is 9.97 Å². The first kappa shape index (κ1) is 15.3. The molecule has 0 radical (unpaired) electrons. The molecule has 1 aliphatic carbocycles. The number of hydrogen-bond donors (Lipinski definition) is 0. The van der Waals surface area contributed by atoms with Gasteiger partial charge in [-0.15, -0.1) is 0 Å². The number of rotatable bonds is 3. The molecule has 0 bridgehead atoms. The van der Waals surface area contributed by atoms with Gasteiger partial charge in [0.15, 0.2) is 0 Å². The van der Waals surface area contributed by atoms with Crippen LogP contribution >= 0.6 is 0 Å². The second kappa shape index (κ2) is 5.40. The molecular formula is C18H23N5O. The number of carbonyl (C=O) groups is 1. The lowest BCUT2D eigenvalue weighted by Crippen LogP contribution is -2.30. The molecule has 24 heavy (non-hydrogen) atoms. The third-order valence-corrected chi connectivity index (χ3v) is 4.77. The van der Waals surface area contributed by atoms with E-state index < -0.39 is 0 Å². The molecule has 6 heteroatoms. The molecule has 1 saturated heterocycles. The standard InChI is InChI=1S/C18H23N5O/c1-18(2,3)15-8-11-23(21-15)14-7-10-22(16(14)24)17-19-9-6-13(20-17)12-4-5-12/h6,8-9,11-12,14H,4-5,7,10H2,1-3H3. The van der Waals surface area contributed by atoms with Crippen molar-refractivity contribution in [2.75, 3.05) is 11.4 Å². The summed E-state index contributed by atoms with van der Waals surface area (Å²) in [5.41, 5.74) is 2.04. The Balaban J connectivity index is 1.56. The third kappa shape index (κ3) is 2.70. The number of amides is 1. The van der Waals surface area contributed by atoms with Crippen LogP contribution in [-0.2, 0) is 10.2 Å². The molecule has 2 aliphatic rings. The van der Waals surface area contributed by atoms with Gasteiger partial charge in [0.2, 0.25) is 5.95 Å². The average molecular weight is 325 g/mol. The highest BCUT2D eigenvalue weighted by Gasteiger charge is 2.37. The van der Waals surface area contributed by atoms with E-state index in [9.17, 15) is 4.79 Å². The summed E-state index contributed by atoms with van der Waals surface area (Å²) in [6.07, 6.45) is 6.79. The van der Waals surface area contributed by atoms with Crippen LogP contribution in [0.3, 0.4) is 0 Å². The van der Waals surface area contributed by atoms with E-state index in [-0.39, 0.29) is 17.4 Å². The van der Waals surface area contributed by atoms with E-state index in [4.69, 9.17) is 0 Å². The smallest absolute Gasteiger partial charge is 0.254 e. The Morgan fingerprint density at radius 2 is 1.96 bits per heavy atom. The zero-order valence-electron chi connectivity index (χ0n) is 14.4. The molecule has 1 atom stereocenters. The summed E-state index contributed by atoms with van der Waals surface area (Å²) in [7, 11) is 0. The molecule has 1 amide bonds. The van der Waals surface area contributed by atoms with Crippen LogP contribution in [0.25, 0.3) is 0 Å². The van der Waals surface area contributed by atoms with Gasteiger partial charge >= 0.3 is 0 Å². The minimum atomic E-state index is -0.255. The van der Waals surface area contributed by atoms with Crippen molar-refractivity contribution >= 4 is 11.9 Å². The van der Waals surface area contributed by atoms with Gasteiger partial charge in [-0.3, -0.25) is 14.4 Å². The van der Waals surface area contributed by atoms with Crippen molar-refractivity contribution in [3.8, 4) is 0 Å². The molecule has 3 heterocycles. The van der Waals surface area contributed by atoms with Crippen molar-refractivity contribution in [2.24, 2.45) is 0 Å². The van der Waals surface area contributed by atoms with Crippen LogP contribution in [0, 0.1) is 0 Å². The van der Waals surface area contributed by atoms with E-state index >= 15 is 0 Å². The van der Waals surface area contributed by atoms with Gasteiger partial charge in [0.05, 0.1) is 5.69 Å². The van der Waals surface area contributed by atoms with Gasteiger partial charge in [-0.1, -0.05) is 20.8 Å². The normalized spacial score (nSPS) is 21.5. The molecule has 1 saturated carbocycles. The van der Waals surface area contributed by atoms with Gasteiger partial charge in [-0.05, 0) is 31.4 Å². The summed E-state index contributed by atoms with van der Waals surface area (Å²) in [6.45, 7) is 7.02. The maximum absolute atomic E-state index is 12.8. The highest BCUT2D eigenvalue weighted by atomic mass is 16.2. The molecule has 4 rings (SSSR count). The van der Waals surface area contributed by atoms with Crippen molar-refractivity contribution in [3.05, 3.63) is 35.9 Å².